The summed E-state index contributed by atoms with van der Waals surface area (Å²) < 4.78 is 22.3. The Hall–Kier alpha value is 0.0300. The van der Waals surface area contributed by atoms with E-state index in [1.807, 2.05) is 21.1 Å². The van der Waals surface area contributed by atoms with Gasteiger partial charge in [0, 0.05) is 12.5 Å². The molecule has 0 saturated heterocycles. The third-order valence-electron chi connectivity index (χ3n) is 5.20. The van der Waals surface area contributed by atoms with Crippen LogP contribution >= 0.6 is 7.82 Å². The van der Waals surface area contributed by atoms with Crippen LogP contribution in [-0.2, 0) is 13.6 Å². The Kier molecular flexibility index (Phi) is 17.7. The van der Waals surface area contributed by atoms with Gasteiger partial charge in [-0.2, -0.15) is 0 Å². The van der Waals surface area contributed by atoms with Crippen LogP contribution in [0.4, 0.5) is 0 Å². The van der Waals surface area contributed by atoms with E-state index in [9.17, 15) is 14.6 Å². The largest absolute Gasteiger partial charge is 0.756 e. The van der Waals surface area contributed by atoms with Crippen LogP contribution in [0.25, 0.3) is 0 Å². The average Bonchev–Trinajstić information content (AvgIpc) is 2.63. The number of aliphatic hydroxyl groups is 1. The molecule has 176 valence electrons. The van der Waals surface area contributed by atoms with E-state index < -0.39 is 7.82 Å². The molecule has 7 heteroatoms. The van der Waals surface area contributed by atoms with Gasteiger partial charge in [0.1, 0.15) is 13.2 Å². The summed E-state index contributed by atoms with van der Waals surface area (Å²) in [4.78, 5) is 11.8. The van der Waals surface area contributed by atoms with E-state index in [0.29, 0.717) is 11.0 Å². The van der Waals surface area contributed by atoms with Crippen molar-refractivity contribution in [1.82, 2.24) is 0 Å². The van der Waals surface area contributed by atoms with Gasteiger partial charge in [-0.3, -0.25) is 4.57 Å². The number of phosphoric ester groups is 1. The molecule has 0 aliphatic rings. The average molecular weight is 438 g/mol. The molecule has 0 amide bonds. The summed E-state index contributed by atoms with van der Waals surface area (Å²) in [5.41, 5.74) is 0. The number of unbranched alkanes of at least 4 members (excludes halogenated alkanes) is 11. The van der Waals surface area contributed by atoms with Gasteiger partial charge in [0.05, 0.1) is 27.7 Å². The van der Waals surface area contributed by atoms with Gasteiger partial charge >= 0.3 is 0 Å². The summed E-state index contributed by atoms with van der Waals surface area (Å²) >= 11 is 0. The minimum atomic E-state index is -4.29. The van der Waals surface area contributed by atoms with Crippen molar-refractivity contribution in [1.29, 1.82) is 0 Å². The number of likely N-dealkylation sites (N-methyl/N-ethyl adjacent to an activating group) is 1. The smallest absolute Gasteiger partial charge is 0.268 e. The van der Waals surface area contributed by atoms with Gasteiger partial charge in [0.25, 0.3) is 7.82 Å². The molecule has 1 N–H and O–H groups in total. The molecule has 0 spiro atoms. The number of phosphoric acid groups is 1. The summed E-state index contributed by atoms with van der Waals surface area (Å²) in [6, 6.07) is 0. The van der Waals surface area contributed by atoms with Crippen LogP contribution < -0.4 is 4.89 Å². The molecule has 0 aromatic heterocycles. The Bertz CT molecular complexity index is 414. The van der Waals surface area contributed by atoms with E-state index in [2.05, 4.69) is 6.92 Å². The maximum Gasteiger partial charge on any atom is 0.268 e. The zero-order valence-corrected chi connectivity index (χ0v) is 20.5. The first kappa shape index (κ1) is 29.0. The second kappa shape index (κ2) is 17.7. The minimum Gasteiger partial charge on any atom is -0.756 e. The maximum atomic E-state index is 11.8. The van der Waals surface area contributed by atoms with E-state index in [4.69, 9.17) is 9.05 Å². The number of hydrogen-bond acceptors (Lipinski definition) is 5. The van der Waals surface area contributed by atoms with Crippen molar-refractivity contribution in [3.63, 3.8) is 0 Å². The maximum absolute atomic E-state index is 11.8. The Labute approximate surface area is 180 Å². The van der Waals surface area contributed by atoms with Gasteiger partial charge < -0.3 is 23.5 Å². The van der Waals surface area contributed by atoms with Crippen molar-refractivity contribution in [3.05, 3.63) is 0 Å². The van der Waals surface area contributed by atoms with Crippen molar-refractivity contribution in [3.8, 4) is 0 Å². The highest BCUT2D eigenvalue weighted by Crippen LogP contribution is 2.38. The lowest BCUT2D eigenvalue weighted by Crippen LogP contribution is -2.37. The lowest BCUT2D eigenvalue weighted by molar-refractivity contribution is -0.870. The summed E-state index contributed by atoms with van der Waals surface area (Å²) in [7, 11) is 1.62. The Morgan fingerprint density at radius 1 is 0.862 bits per heavy atom. The number of rotatable bonds is 21. The Morgan fingerprint density at radius 3 is 1.79 bits per heavy atom. The summed E-state index contributed by atoms with van der Waals surface area (Å²) in [6.45, 7) is 2.88. The van der Waals surface area contributed by atoms with Gasteiger partial charge in [-0.05, 0) is 6.42 Å². The Morgan fingerprint density at radius 2 is 1.34 bits per heavy atom. The normalized spacial score (nSPS) is 15.4. The second-order valence-electron chi connectivity index (χ2n) is 9.32. The molecule has 0 radical (unpaired) electrons. The van der Waals surface area contributed by atoms with Gasteiger partial charge in [-0.15, -0.1) is 0 Å². The van der Waals surface area contributed by atoms with Gasteiger partial charge in [0.15, 0.2) is 0 Å². The molecule has 29 heavy (non-hydrogen) atoms. The van der Waals surface area contributed by atoms with E-state index in [0.717, 1.165) is 19.3 Å². The highest BCUT2D eigenvalue weighted by molar-refractivity contribution is 7.45. The molecule has 0 aromatic rings. The van der Waals surface area contributed by atoms with Crippen molar-refractivity contribution in [2.24, 2.45) is 5.92 Å². The van der Waals surface area contributed by atoms with Gasteiger partial charge in [0.2, 0.25) is 0 Å². The molecular formula is C22H48NO5P. The van der Waals surface area contributed by atoms with E-state index in [-0.39, 0.29) is 25.7 Å². The highest BCUT2D eigenvalue weighted by Gasteiger charge is 2.16. The van der Waals surface area contributed by atoms with Gasteiger partial charge in [-0.1, -0.05) is 84.0 Å². The van der Waals surface area contributed by atoms with Crippen LogP contribution in [0.1, 0.15) is 90.4 Å². The number of nitrogens with zero attached hydrogens (tertiary/aromatic N) is 1. The standard InChI is InChI=1S/C22H48NO5P/c1-5-6-7-8-9-10-11-12-13-14-15-16-17-22(20-24)21-28-29(25,26)27-19-18-23(2,3)4/h22,24H,5-21H2,1-4H3. The molecule has 0 rings (SSSR count). The Balaban J connectivity index is 3.65. The third-order valence-corrected chi connectivity index (χ3v) is 6.17. The van der Waals surface area contributed by atoms with Crippen LogP contribution in [0, 0.1) is 5.92 Å². The monoisotopic (exact) mass is 437 g/mol. The summed E-state index contributed by atoms with van der Waals surface area (Å²) in [5.74, 6) is -0.151. The van der Waals surface area contributed by atoms with Gasteiger partial charge in [-0.25, -0.2) is 0 Å². The van der Waals surface area contributed by atoms with Crippen LogP contribution in [-0.4, -0.2) is 57.1 Å². The molecule has 0 bridgehead atoms. The molecule has 0 fully saturated rings. The third kappa shape index (κ3) is 21.1. The van der Waals surface area contributed by atoms with Crippen molar-refractivity contribution >= 4 is 7.82 Å². The molecular weight excluding hydrogens is 389 g/mol. The molecule has 2 atom stereocenters. The fourth-order valence-corrected chi connectivity index (χ4v) is 3.93. The number of quaternary nitrogens is 1. The van der Waals surface area contributed by atoms with Crippen molar-refractivity contribution < 1.29 is 28.1 Å². The quantitative estimate of drug-likeness (QED) is 0.157. The van der Waals surface area contributed by atoms with Crippen LogP contribution in [0.3, 0.4) is 0 Å². The summed E-state index contributed by atoms with van der Waals surface area (Å²) in [6.07, 6.45) is 16.2. The predicted molar refractivity (Wildman–Crippen MR) is 119 cm³/mol. The zero-order valence-electron chi connectivity index (χ0n) is 19.6. The zero-order chi connectivity index (χ0) is 22.0. The molecule has 6 nitrogen and oxygen atoms in total. The fraction of sp³-hybridized carbons (Fsp3) is 1.00. The highest BCUT2D eigenvalue weighted by atomic mass is 31.2. The van der Waals surface area contributed by atoms with E-state index in [1.54, 1.807) is 0 Å². The number of hydrogen-bond donors (Lipinski definition) is 1. The van der Waals surface area contributed by atoms with E-state index >= 15 is 0 Å². The molecule has 0 saturated carbocycles. The van der Waals surface area contributed by atoms with E-state index in [1.165, 1.54) is 64.2 Å². The van der Waals surface area contributed by atoms with Crippen LogP contribution in [0.2, 0.25) is 0 Å². The summed E-state index contributed by atoms with van der Waals surface area (Å²) in [5, 5.41) is 9.47. The topological polar surface area (TPSA) is 78.8 Å². The first-order chi connectivity index (χ1) is 13.7. The molecule has 0 aromatic carbocycles. The molecule has 2 unspecified atom stereocenters. The fourth-order valence-electron chi connectivity index (χ4n) is 3.16. The number of aliphatic hydroxyl groups excluding tert-OH is 1. The molecule has 0 heterocycles. The lowest BCUT2D eigenvalue weighted by Gasteiger charge is -2.28. The first-order valence-electron chi connectivity index (χ1n) is 11.7. The lowest BCUT2D eigenvalue weighted by atomic mass is 10.0. The van der Waals surface area contributed by atoms with Crippen LogP contribution in [0.5, 0.6) is 0 Å². The minimum absolute atomic E-state index is 0.000313. The molecule has 0 aliphatic carbocycles. The van der Waals surface area contributed by atoms with Crippen molar-refractivity contribution in [2.45, 2.75) is 90.4 Å². The second-order valence-corrected chi connectivity index (χ2v) is 10.7. The first-order valence-corrected chi connectivity index (χ1v) is 13.2. The molecule has 0 aliphatic heterocycles. The SMILES string of the molecule is CCCCCCCCCCCCCCC(CO)COP(=O)([O-])OCC[N+](C)(C)C. The van der Waals surface area contributed by atoms with Crippen molar-refractivity contribution in [2.75, 3.05) is 47.5 Å². The predicted octanol–water partition coefficient (Wildman–Crippen LogP) is 4.89. The van der Waals surface area contributed by atoms with Crippen LogP contribution in [0.15, 0.2) is 0 Å².